The van der Waals surface area contributed by atoms with Crippen molar-refractivity contribution in [1.82, 2.24) is 0 Å². The van der Waals surface area contributed by atoms with Crippen LogP contribution in [-0.4, -0.2) is 23.5 Å². The molecule has 0 aliphatic carbocycles. The molecule has 0 aromatic rings. The second-order valence-corrected chi connectivity index (χ2v) is 5.67. The summed E-state index contributed by atoms with van der Waals surface area (Å²) >= 11 is 0. The maximum Gasteiger partial charge on any atom is 0.324 e. The van der Waals surface area contributed by atoms with Crippen molar-refractivity contribution in [3.05, 3.63) is 0 Å². The molecule has 0 saturated carbocycles. The smallest absolute Gasteiger partial charge is 0.324 e. The summed E-state index contributed by atoms with van der Waals surface area (Å²) in [6, 6.07) is 0. The predicted octanol–water partition coefficient (Wildman–Crippen LogP) is 1.55. The zero-order chi connectivity index (χ0) is 8.15. The van der Waals surface area contributed by atoms with Gasteiger partial charge in [-0.05, 0) is 11.5 Å². The fourth-order valence-electron chi connectivity index (χ4n) is 0.840. The van der Waals surface area contributed by atoms with E-state index in [1.807, 2.05) is 0 Å². The molecule has 10 heavy (non-hydrogen) atoms. The van der Waals surface area contributed by atoms with Gasteiger partial charge in [0, 0.05) is 14.2 Å². The lowest BCUT2D eigenvalue weighted by Gasteiger charge is -2.21. The molecule has 0 fully saturated rings. The minimum Gasteiger partial charge on any atom is -0.400 e. The lowest BCUT2D eigenvalue weighted by atomic mass is 10.1. The Labute approximate surface area is 65.4 Å². The van der Waals surface area contributed by atoms with Crippen molar-refractivity contribution in [2.75, 3.05) is 14.2 Å². The Hall–Kier alpha value is 0.137. The van der Waals surface area contributed by atoms with Crippen LogP contribution >= 0.6 is 0 Å². The fraction of sp³-hybridized carbons (Fsp3) is 1.00. The monoisotopic (exact) mass is 162 g/mol. The maximum atomic E-state index is 5.24. The molecule has 0 aliphatic rings. The molecule has 0 radical (unpaired) electrons. The Morgan fingerprint density at radius 3 is 1.50 bits per heavy atom. The molecular weight excluding hydrogens is 144 g/mol. The molecule has 0 heterocycles. The van der Waals surface area contributed by atoms with Gasteiger partial charge in [-0.25, -0.2) is 0 Å². The van der Waals surface area contributed by atoms with E-state index in [1.165, 1.54) is 0 Å². The van der Waals surface area contributed by atoms with Crippen LogP contribution in [0.5, 0.6) is 0 Å². The van der Waals surface area contributed by atoms with Crippen LogP contribution in [0.4, 0.5) is 0 Å². The summed E-state index contributed by atoms with van der Waals surface area (Å²) in [5.74, 6) is 0.663. The highest BCUT2D eigenvalue weighted by molar-refractivity contribution is 6.46. The maximum absolute atomic E-state index is 5.24. The van der Waals surface area contributed by atoms with Crippen LogP contribution < -0.4 is 0 Å². The molecule has 0 N–H and O–H groups in total. The van der Waals surface area contributed by atoms with Crippen LogP contribution in [0.3, 0.4) is 0 Å². The van der Waals surface area contributed by atoms with Gasteiger partial charge in [-0.15, -0.1) is 0 Å². The van der Waals surface area contributed by atoms with Crippen LogP contribution in [0.25, 0.3) is 0 Å². The Bertz CT molecular complexity index is 81.7. The van der Waals surface area contributed by atoms with Gasteiger partial charge in [-0.2, -0.15) is 0 Å². The molecule has 62 valence electrons. The summed E-state index contributed by atoms with van der Waals surface area (Å²) in [6.07, 6.45) is 0. The van der Waals surface area contributed by atoms with Crippen molar-refractivity contribution in [3.63, 3.8) is 0 Å². The van der Waals surface area contributed by atoms with E-state index in [1.54, 1.807) is 14.2 Å². The van der Waals surface area contributed by atoms with Gasteiger partial charge in [-0.3, -0.25) is 0 Å². The average Bonchev–Trinajstić information content (AvgIpc) is 1.90. The molecule has 0 rings (SSSR count). The van der Waals surface area contributed by atoms with Crippen molar-refractivity contribution >= 4 is 9.28 Å². The summed E-state index contributed by atoms with van der Waals surface area (Å²) in [6.45, 7) is 6.58. The molecule has 0 aromatic carbocycles. The SMILES string of the molecule is CO[SiH](OC)C(C)C(C)C. The van der Waals surface area contributed by atoms with Crippen LogP contribution in [-0.2, 0) is 8.85 Å². The molecule has 0 saturated heterocycles. The Morgan fingerprint density at radius 1 is 1.00 bits per heavy atom. The van der Waals surface area contributed by atoms with E-state index in [-0.39, 0.29) is 0 Å². The van der Waals surface area contributed by atoms with Crippen molar-refractivity contribution in [3.8, 4) is 0 Å². The van der Waals surface area contributed by atoms with E-state index in [0.29, 0.717) is 11.5 Å². The molecule has 0 spiro atoms. The van der Waals surface area contributed by atoms with E-state index < -0.39 is 9.28 Å². The molecule has 0 amide bonds. The van der Waals surface area contributed by atoms with E-state index in [4.69, 9.17) is 8.85 Å². The lowest BCUT2D eigenvalue weighted by molar-refractivity contribution is 0.257. The molecule has 0 aliphatic heterocycles. The second-order valence-electron chi connectivity index (χ2n) is 2.94. The number of hydrogen-bond acceptors (Lipinski definition) is 2. The van der Waals surface area contributed by atoms with Gasteiger partial charge in [0.25, 0.3) is 0 Å². The highest BCUT2D eigenvalue weighted by atomic mass is 28.3. The first-order chi connectivity index (χ1) is 4.63. The highest BCUT2D eigenvalue weighted by Crippen LogP contribution is 2.20. The van der Waals surface area contributed by atoms with Gasteiger partial charge >= 0.3 is 9.28 Å². The first-order valence-corrected chi connectivity index (χ1v) is 5.30. The summed E-state index contributed by atoms with van der Waals surface area (Å²) in [5, 5.41) is 0. The summed E-state index contributed by atoms with van der Waals surface area (Å²) in [4.78, 5) is 0. The summed E-state index contributed by atoms with van der Waals surface area (Å²) in [7, 11) is 2.13. The van der Waals surface area contributed by atoms with Crippen molar-refractivity contribution in [2.24, 2.45) is 5.92 Å². The van der Waals surface area contributed by atoms with Crippen LogP contribution in [0, 0.1) is 5.92 Å². The minimum absolute atomic E-state index is 0.593. The fourth-order valence-corrected chi connectivity index (χ4v) is 2.52. The summed E-state index contributed by atoms with van der Waals surface area (Å²) < 4.78 is 10.5. The van der Waals surface area contributed by atoms with Gasteiger partial charge in [-0.1, -0.05) is 20.8 Å². The molecule has 1 unspecified atom stereocenters. The van der Waals surface area contributed by atoms with Crippen molar-refractivity contribution < 1.29 is 8.85 Å². The zero-order valence-electron chi connectivity index (χ0n) is 7.55. The standard InChI is InChI=1S/C7H18O2Si/c1-6(2)7(3)10(8-4)9-5/h6-7,10H,1-5H3. The average molecular weight is 162 g/mol. The van der Waals surface area contributed by atoms with E-state index in [0.717, 1.165) is 0 Å². The third-order valence-electron chi connectivity index (χ3n) is 1.95. The van der Waals surface area contributed by atoms with Gasteiger partial charge in [0.2, 0.25) is 0 Å². The van der Waals surface area contributed by atoms with Crippen LogP contribution in [0.15, 0.2) is 0 Å². The lowest BCUT2D eigenvalue weighted by Crippen LogP contribution is -2.27. The number of rotatable bonds is 4. The normalized spacial score (nSPS) is 14.7. The van der Waals surface area contributed by atoms with E-state index >= 15 is 0 Å². The Morgan fingerprint density at radius 2 is 1.40 bits per heavy atom. The van der Waals surface area contributed by atoms with E-state index in [9.17, 15) is 0 Å². The third kappa shape index (κ3) is 2.81. The minimum atomic E-state index is -1.34. The molecular formula is C7H18O2Si. The second kappa shape index (κ2) is 4.88. The largest absolute Gasteiger partial charge is 0.400 e. The molecule has 1 atom stereocenters. The molecule has 3 heteroatoms. The quantitative estimate of drug-likeness (QED) is 0.584. The van der Waals surface area contributed by atoms with E-state index in [2.05, 4.69) is 20.8 Å². The van der Waals surface area contributed by atoms with Gasteiger partial charge in [0.15, 0.2) is 0 Å². The Kier molecular flexibility index (Phi) is 4.94. The van der Waals surface area contributed by atoms with Crippen molar-refractivity contribution in [1.29, 1.82) is 0 Å². The van der Waals surface area contributed by atoms with Gasteiger partial charge in [0.1, 0.15) is 0 Å². The summed E-state index contributed by atoms with van der Waals surface area (Å²) in [5.41, 5.74) is 0.593. The first kappa shape index (κ1) is 10.1. The molecule has 2 nitrogen and oxygen atoms in total. The Balaban J connectivity index is 3.76. The molecule has 0 aromatic heterocycles. The topological polar surface area (TPSA) is 18.5 Å². The third-order valence-corrected chi connectivity index (χ3v) is 4.50. The van der Waals surface area contributed by atoms with Crippen molar-refractivity contribution in [2.45, 2.75) is 26.3 Å². The van der Waals surface area contributed by atoms with Crippen LogP contribution in [0.2, 0.25) is 5.54 Å². The number of hydrogen-bond donors (Lipinski definition) is 0. The molecule has 0 bridgehead atoms. The zero-order valence-corrected chi connectivity index (χ0v) is 8.70. The van der Waals surface area contributed by atoms with Crippen LogP contribution in [0.1, 0.15) is 20.8 Å². The first-order valence-electron chi connectivity index (χ1n) is 3.69. The van der Waals surface area contributed by atoms with Gasteiger partial charge < -0.3 is 8.85 Å². The van der Waals surface area contributed by atoms with Gasteiger partial charge in [0.05, 0.1) is 0 Å². The predicted molar refractivity (Wildman–Crippen MR) is 45.4 cm³/mol. The highest BCUT2D eigenvalue weighted by Gasteiger charge is 2.22.